The first-order valence-corrected chi connectivity index (χ1v) is 10.4. The summed E-state index contributed by atoms with van der Waals surface area (Å²) < 4.78 is 5.80. The molecule has 0 bridgehead atoms. The van der Waals surface area contributed by atoms with Crippen LogP contribution in [0.4, 0.5) is 17.1 Å². The number of para-hydroxylation sites is 3. The average Bonchev–Trinajstić information content (AvgIpc) is 3.38. The Morgan fingerprint density at radius 1 is 0.968 bits per heavy atom. The fourth-order valence-corrected chi connectivity index (χ4v) is 4.05. The van der Waals surface area contributed by atoms with Crippen LogP contribution in [-0.2, 0) is 17.6 Å². The number of carbonyl (C=O) groups is 1. The minimum Gasteiger partial charge on any atom is -0.441 e. The van der Waals surface area contributed by atoms with Crippen LogP contribution in [0.1, 0.15) is 17.0 Å². The number of nitrogens with zero attached hydrogens (tertiary/aromatic N) is 2. The summed E-state index contributed by atoms with van der Waals surface area (Å²) in [6.07, 6.45) is 1.16. The maximum atomic E-state index is 12.9. The molecule has 1 N–H and O–H groups in total. The van der Waals surface area contributed by atoms with Gasteiger partial charge in [-0.2, -0.15) is 0 Å². The number of carbonyl (C=O) groups excluding carboxylic acids is 1. The van der Waals surface area contributed by atoms with Crippen LogP contribution in [0.2, 0.25) is 0 Å². The lowest BCUT2D eigenvalue weighted by atomic mass is 10.1. The zero-order valence-electron chi connectivity index (χ0n) is 17.3. The highest BCUT2D eigenvalue weighted by Crippen LogP contribution is 2.38. The number of aromatic nitrogens is 1. The van der Waals surface area contributed by atoms with Gasteiger partial charge >= 0.3 is 0 Å². The van der Waals surface area contributed by atoms with Gasteiger partial charge in [0.2, 0.25) is 11.8 Å². The van der Waals surface area contributed by atoms with E-state index in [0.717, 1.165) is 29.9 Å². The van der Waals surface area contributed by atoms with Gasteiger partial charge in [-0.1, -0.05) is 48.5 Å². The zero-order chi connectivity index (χ0) is 21.2. The summed E-state index contributed by atoms with van der Waals surface area (Å²) >= 11 is 0. The third-order valence-electron chi connectivity index (χ3n) is 5.60. The Labute approximate surface area is 181 Å². The number of rotatable bonds is 5. The number of hydrogen-bond donors (Lipinski definition) is 1. The van der Waals surface area contributed by atoms with E-state index in [0.29, 0.717) is 17.3 Å². The lowest BCUT2D eigenvalue weighted by molar-refractivity contribution is -0.115. The third kappa shape index (κ3) is 3.82. The average molecular weight is 409 g/mol. The lowest BCUT2D eigenvalue weighted by Gasteiger charge is -2.23. The summed E-state index contributed by atoms with van der Waals surface area (Å²) in [4.78, 5) is 19.7. The smallest absolute Gasteiger partial charge is 0.230 e. The standard InChI is InChI=1S/C26H23N3O2/c1-18-22(28-26(31-18)20-10-3-2-4-11-20)17-25(30)27-21-12-6-8-14-24(21)29-16-15-19-9-5-7-13-23(19)29/h2-14H,15-17H2,1H3,(H,27,30). The van der Waals surface area contributed by atoms with Crippen molar-refractivity contribution in [2.24, 2.45) is 0 Å². The molecule has 0 atom stereocenters. The molecule has 1 aliphatic heterocycles. The second-order valence-electron chi connectivity index (χ2n) is 7.66. The molecule has 0 saturated heterocycles. The minimum atomic E-state index is -0.115. The van der Waals surface area contributed by atoms with Crippen LogP contribution in [0.15, 0.2) is 83.3 Å². The topological polar surface area (TPSA) is 58.4 Å². The Hall–Kier alpha value is -3.86. The summed E-state index contributed by atoms with van der Waals surface area (Å²) in [6.45, 7) is 2.74. The first-order valence-electron chi connectivity index (χ1n) is 10.4. The predicted octanol–water partition coefficient (Wildman–Crippen LogP) is 5.53. The lowest BCUT2D eigenvalue weighted by Crippen LogP contribution is -2.19. The van der Waals surface area contributed by atoms with Gasteiger partial charge in [0, 0.05) is 17.8 Å². The van der Waals surface area contributed by atoms with Gasteiger partial charge in [-0.15, -0.1) is 0 Å². The number of oxazole rings is 1. The first kappa shape index (κ1) is 19.1. The third-order valence-corrected chi connectivity index (χ3v) is 5.60. The van der Waals surface area contributed by atoms with E-state index in [1.54, 1.807) is 0 Å². The molecular weight excluding hydrogens is 386 g/mol. The van der Waals surface area contributed by atoms with Crippen molar-refractivity contribution in [3.05, 3.63) is 95.9 Å². The molecule has 0 radical (unpaired) electrons. The first-order chi connectivity index (χ1) is 15.2. The number of fused-ring (bicyclic) bond motifs is 1. The summed E-state index contributed by atoms with van der Waals surface area (Å²) in [5, 5.41) is 3.08. The molecule has 0 saturated carbocycles. The maximum absolute atomic E-state index is 12.9. The van der Waals surface area contributed by atoms with Gasteiger partial charge in [0.05, 0.1) is 23.5 Å². The number of benzene rings is 3. The van der Waals surface area contributed by atoms with Crippen LogP contribution in [0.3, 0.4) is 0 Å². The van der Waals surface area contributed by atoms with Crippen molar-refractivity contribution < 1.29 is 9.21 Å². The molecule has 3 aromatic carbocycles. The Morgan fingerprint density at radius 2 is 1.68 bits per heavy atom. The summed E-state index contributed by atoms with van der Waals surface area (Å²) in [5.41, 5.74) is 5.88. The van der Waals surface area contributed by atoms with Crippen molar-refractivity contribution in [1.82, 2.24) is 4.98 Å². The molecule has 5 nitrogen and oxygen atoms in total. The minimum absolute atomic E-state index is 0.115. The fraction of sp³-hybridized carbons (Fsp3) is 0.154. The molecule has 1 aromatic heterocycles. The van der Waals surface area contributed by atoms with E-state index in [-0.39, 0.29) is 12.3 Å². The predicted molar refractivity (Wildman–Crippen MR) is 123 cm³/mol. The van der Waals surface area contributed by atoms with Crippen LogP contribution >= 0.6 is 0 Å². The van der Waals surface area contributed by atoms with Crippen LogP contribution in [0.5, 0.6) is 0 Å². The second kappa shape index (κ2) is 8.11. The monoisotopic (exact) mass is 409 g/mol. The number of hydrogen-bond acceptors (Lipinski definition) is 4. The van der Waals surface area contributed by atoms with Gasteiger partial charge in [-0.25, -0.2) is 4.98 Å². The van der Waals surface area contributed by atoms with Crippen molar-refractivity contribution >= 4 is 23.0 Å². The maximum Gasteiger partial charge on any atom is 0.230 e. The molecule has 1 aliphatic rings. The summed E-state index contributed by atoms with van der Waals surface area (Å²) in [6, 6.07) is 26.1. The van der Waals surface area contributed by atoms with E-state index in [1.165, 1.54) is 11.3 Å². The van der Waals surface area contributed by atoms with E-state index in [1.807, 2.05) is 61.5 Å². The molecule has 1 amide bonds. The summed E-state index contributed by atoms with van der Waals surface area (Å²) in [5.74, 6) is 1.08. The largest absolute Gasteiger partial charge is 0.441 e. The van der Waals surface area contributed by atoms with Crippen molar-refractivity contribution in [2.75, 3.05) is 16.8 Å². The van der Waals surface area contributed by atoms with E-state index >= 15 is 0 Å². The number of aryl methyl sites for hydroxylation is 1. The molecule has 0 aliphatic carbocycles. The van der Waals surface area contributed by atoms with Crippen LogP contribution in [0, 0.1) is 6.92 Å². The Kier molecular flexibility index (Phi) is 5.00. The van der Waals surface area contributed by atoms with Gasteiger partial charge in [-0.05, 0) is 49.2 Å². The SMILES string of the molecule is Cc1oc(-c2ccccc2)nc1CC(=O)Nc1ccccc1N1CCc2ccccc21. The molecule has 31 heavy (non-hydrogen) atoms. The Bertz CT molecular complexity index is 1230. The van der Waals surface area contributed by atoms with Gasteiger partial charge in [0.15, 0.2) is 0 Å². The van der Waals surface area contributed by atoms with Gasteiger partial charge in [0.25, 0.3) is 0 Å². The van der Waals surface area contributed by atoms with E-state index in [9.17, 15) is 4.79 Å². The van der Waals surface area contributed by atoms with Gasteiger partial charge in [0.1, 0.15) is 5.76 Å². The van der Waals surface area contributed by atoms with Crippen molar-refractivity contribution in [3.63, 3.8) is 0 Å². The molecule has 4 aromatic rings. The quantitative estimate of drug-likeness (QED) is 0.471. The Morgan fingerprint density at radius 3 is 2.52 bits per heavy atom. The second-order valence-corrected chi connectivity index (χ2v) is 7.66. The molecule has 0 unspecified atom stereocenters. The highest BCUT2D eigenvalue weighted by atomic mass is 16.4. The molecule has 2 heterocycles. The zero-order valence-corrected chi connectivity index (χ0v) is 17.3. The van der Waals surface area contributed by atoms with Crippen molar-refractivity contribution in [1.29, 1.82) is 0 Å². The van der Waals surface area contributed by atoms with Crippen LogP contribution < -0.4 is 10.2 Å². The molecule has 154 valence electrons. The molecular formula is C26H23N3O2. The summed E-state index contributed by atoms with van der Waals surface area (Å²) in [7, 11) is 0. The highest BCUT2D eigenvalue weighted by Gasteiger charge is 2.23. The molecule has 0 fully saturated rings. The molecule has 0 spiro atoms. The fourth-order valence-electron chi connectivity index (χ4n) is 4.05. The number of nitrogens with one attached hydrogen (secondary N) is 1. The molecule has 5 rings (SSSR count). The van der Waals surface area contributed by atoms with Crippen molar-refractivity contribution in [2.45, 2.75) is 19.8 Å². The molecule has 5 heteroatoms. The normalized spacial score (nSPS) is 12.6. The Balaban J connectivity index is 1.35. The van der Waals surface area contributed by atoms with E-state index in [2.05, 4.69) is 39.5 Å². The van der Waals surface area contributed by atoms with Crippen LogP contribution in [-0.4, -0.2) is 17.4 Å². The number of anilines is 3. The van der Waals surface area contributed by atoms with Crippen LogP contribution in [0.25, 0.3) is 11.5 Å². The van der Waals surface area contributed by atoms with E-state index < -0.39 is 0 Å². The van der Waals surface area contributed by atoms with Gasteiger partial charge < -0.3 is 14.6 Å². The van der Waals surface area contributed by atoms with E-state index in [4.69, 9.17) is 4.42 Å². The highest BCUT2D eigenvalue weighted by molar-refractivity contribution is 5.96. The van der Waals surface area contributed by atoms with Gasteiger partial charge in [-0.3, -0.25) is 4.79 Å². The number of amides is 1. The van der Waals surface area contributed by atoms with Crippen molar-refractivity contribution in [3.8, 4) is 11.5 Å².